The van der Waals surface area contributed by atoms with E-state index >= 15 is 0 Å². The van der Waals surface area contributed by atoms with Gasteiger partial charge >= 0.3 is 5.97 Å². The number of carbonyl (C=O) groups is 1. The molecule has 0 fully saturated rings. The lowest BCUT2D eigenvalue weighted by Gasteiger charge is -2.05. The molecule has 0 saturated heterocycles. The molecule has 0 N–H and O–H groups in total. The van der Waals surface area contributed by atoms with Crippen molar-refractivity contribution in [3.63, 3.8) is 0 Å². The Bertz CT molecular complexity index is 835. The molecule has 134 valence electrons. The molecule has 1 aliphatic rings. The van der Waals surface area contributed by atoms with Crippen LogP contribution in [0.15, 0.2) is 59.2 Å². The molecule has 0 amide bonds. The van der Waals surface area contributed by atoms with Crippen LogP contribution in [0.2, 0.25) is 0 Å². The Morgan fingerprint density at radius 1 is 1.12 bits per heavy atom. The van der Waals surface area contributed by atoms with E-state index in [1.165, 1.54) is 12.8 Å². The number of hydrogen-bond acceptors (Lipinski definition) is 4. The second kappa shape index (κ2) is 8.48. The molecule has 0 radical (unpaired) electrons. The fraction of sp³-hybridized carbons (Fsp3) is 0.273. The van der Waals surface area contributed by atoms with E-state index in [2.05, 4.69) is 11.9 Å². The first-order chi connectivity index (χ1) is 12.7. The first-order valence-electron chi connectivity index (χ1n) is 8.98. The standard InChI is InChI=1S/C22H23NO3/c1-3-4-5-13-25-19-11-9-17(10-12-19)15-20-22(24)26-21(23-20)18-8-6-7-16(2)14-18/h6-12,14-15H,3-5,13H2,1-2H3/b20-15-. The number of benzene rings is 2. The van der Waals surface area contributed by atoms with Gasteiger partial charge in [0.15, 0.2) is 5.70 Å². The minimum absolute atomic E-state index is 0.304. The second-order valence-corrected chi connectivity index (χ2v) is 6.33. The highest BCUT2D eigenvalue weighted by Crippen LogP contribution is 2.21. The summed E-state index contributed by atoms with van der Waals surface area (Å²) in [6.07, 6.45) is 5.14. The average Bonchev–Trinajstić information content (AvgIpc) is 3.01. The van der Waals surface area contributed by atoms with Gasteiger partial charge in [-0.05, 0) is 49.2 Å². The van der Waals surface area contributed by atoms with E-state index in [9.17, 15) is 4.79 Å². The number of ether oxygens (including phenoxy) is 2. The van der Waals surface area contributed by atoms with Gasteiger partial charge in [0.05, 0.1) is 6.61 Å². The topological polar surface area (TPSA) is 47.9 Å². The maximum absolute atomic E-state index is 12.1. The molecule has 4 nitrogen and oxygen atoms in total. The number of aliphatic imine (C=N–C) groups is 1. The maximum atomic E-state index is 12.1. The molecule has 26 heavy (non-hydrogen) atoms. The van der Waals surface area contributed by atoms with Gasteiger partial charge in [-0.15, -0.1) is 0 Å². The molecule has 0 aliphatic carbocycles. The Morgan fingerprint density at radius 3 is 2.65 bits per heavy atom. The summed E-state index contributed by atoms with van der Waals surface area (Å²) in [6.45, 7) is 4.89. The highest BCUT2D eigenvalue weighted by atomic mass is 16.6. The van der Waals surface area contributed by atoms with E-state index in [0.29, 0.717) is 11.6 Å². The van der Waals surface area contributed by atoms with Gasteiger partial charge in [-0.2, -0.15) is 0 Å². The number of nitrogens with zero attached hydrogens (tertiary/aromatic N) is 1. The van der Waals surface area contributed by atoms with E-state index in [1.807, 2.05) is 55.5 Å². The summed E-state index contributed by atoms with van der Waals surface area (Å²) in [5.74, 6) is 0.753. The predicted molar refractivity (Wildman–Crippen MR) is 103 cm³/mol. The Labute approximate surface area is 154 Å². The number of esters is 1. The third-order valence-electron chi connectivity index (χ3n) is 4.09. The molecule has 1 aliphatic heterocycles. The van der Waals surface area contributed by atoms with Crippen molar-refractivity contribution < 1.29 is 14.3 Å². The molecule has 2 aromatic carbocycles. The highest BCUT2D eigenvalue weighted by molar-refractivity contribution is 6.12. The molecule has 2 aromatic rings. The average molecular weight is 349 g/mol. The van der Waals surface area contributed by atoms with Gasteiger partial charge in [0.2, 0.25) is 5.90 Å². The quantitative estimate of drug-likeness (QED) is 0.405. The summed E-state index contributed by atoms with van der Waals surface area (Å²) in [6, 6.07) is 15.4. The van der Waals surface area contributed by atoms with Crippen LogP contribution in [0.5, 0.6) is 5.75 Å². The number of unbranched alkanes of at least 4 members (excludes halogenated alkanes) is 2. The van der Waals surface area contributed by atoms with Crippen molar-refractivity contribution in [2.45, 2.75) is 33.1 Å². The lowest BCUT2D eigenvalue weighted by Crippen LogP contribution is -2.05. The summed E-state index contributed by atoms with van der Waals surface area (Å²) in [7, 11) is 0. The molecule has 3 rings (SSSR count). The molecular weight excluding hydrogens is 326 g/mol. The normalized spacial score (nSPS) is 15.1. The smallest absolute Gasteiger partial charge is 0.363 e. The molecule has 1 heterocycles. The van der Waals surface area contributed by atoms with E-state index in [4.69, 9.17) is 9.47 Å². The van der Waals surface area contributed by atoms with Crippen molar-refractivity contribution >= 4 is 17.9 Å². The molecular formula is C22H23NO3. The van der Waals surface area contributed by atoms with Gasteiger partial charge in [-0.1, -0.05) is 49.6 Å². The third kappa shape index (κ3) is 4.60. The van der Waals surface area contributed by atoms with Crippen molar-refractivity contribution in [1.82, 2.24) is 0 Å². The second-order valence-electron chi connectivity index (χ2n) is 6.33. The number of aryl methyl sites for hydroxylation is 1. The van der Waals surface area contributed by atoms with E-state index in [-0.39, 0.29) is 0 Å². The van der Waals surface area contributed by atoms with Crippen molar-refractivity contribution in [2.75, 3.05) is 6.61 Å². The molecule has 0 atom stereocenters. The maximum Gasteiger partial charge on any atom is 0.363 e. The predicted octanol–water partition coefficient (Wildman–Crippen LogP) is 4.91. The summed E-state index contributed by atoms with van der Waals surface area (Å²) in [5, 5.41) is 0. The number of hydrogen-bond donors (Lipinski definition) is 0. The Balaban J connectivity index is 1.70. The first-order valence-corrected chi connectivity index (χ1v) is 8.98. The van der Waals surface area contributed by atoms with Crippen molar-refractivity contribution in [1.29, 1.82) is 0 Å². The Morgan fingerprint density at radius 2 is 1.92 bits per heavy atom. The Hall–Kier alpha value is -2.88. The first kappa shape index (κ1) is 17.9. The number of carbonyl (C=O) groups excluding carboxylic acids is 1. The summed E-state index contributed by atoms with van der Waals surface area (Å²) in [4.78, 5) is 16.4. The fourth-order valence-corrected chi connectivity index (χ4v) is 2.67. The minimum atomic E-state index is -0.429. The zero-order valence-electron chi connectivity index (χ0n) is 15.2. The van der Waals surface area contributed by atoms with Crippen LogP contribution < -0.4 is 4.74 Å². The lowest BCUT2D eigenvalue weighted by molar-refractivity contribution is -0.129. The van der Waals surface area contributed by atoms with Crippen LogP contribution in [0.25, 0.3) is 6.08 Å². The fourth-order valence-electron chi connectivity index (χ4n) is 2.67. The monoisotopic (exact) mass is 349 g/mol. The molecule has 0 aromatic heterocycles. The highest BCUT2D eigenvalue weighted by Gasteiger charge is 2.24. The molecule has 0 bridgehead atoms. The van der Waals surface area contributed by atoms with E-state index in [0.717, 1.165) is 35.5 Å². The van der Waals surface area contributed by atoms with Crippen molar-refractivity contribution in [3.8, 4) is 5.75 Å². The summed E-state index contributed by atoms with van der Waals surface area (Å²) >= 11 is 0. The number of cyclic esters (lactones) is 1. The zero-order chi connectivity index (χ0) is 18.4. The third-order valence-corrected chi connectivity index (χ3v) is 4.09. The minimum Gasteiger partial charge on any atom is -0.494 e. The molecule has 0 unspecified atom stereocenters. The van der Waals surface area contributed by atoms with E-state index in [1.54, 1.807) is 6.08 Å². The lowest BCUT2D eigenvalue weighted by atomic mass is 10.1. The number of rotatable bonds is 7. The van der Waals surface area contributed by atoms with Gasteiger partial charge < -0.3 is 9.47 Å². The summed E-state index contributed by atoms with van der Waals surface area (Å²) in [5.41, 5.74) is 3.08. The van der Waals surface area contributed by atoms with Crippen LogP contribution in [0.1, 0.15) is 42.9 Å². The molecule has 4 heteroatoms. The molecule has 0 spiro atoms. The van der Waals surface area contributed by atoms with Crippen LogP contribution in [0, 0.1) is 6.92 Å². The van der Waals surface area contributed by atoms with E-state index < -0.39 is 5.97 Å². The van der Waals surface area contributed by atoms with Crippen molar-refractivity contribution in [3.05, 3.63) is 70.9 Å². The van der Waals surface area contributed by atoms with Crippen molar-refractivity contribution in [2.24, 2.45) is 4.99 Å². The van der Waals surface area contributed by atoms with Crippen LogP contribution in [-0.4, -0.2) is 18.5 Å². The van der Waals surface area contributed by atoms with Crippen LogP contribution >= 0.6 is 0 Å². The van der Waals surface area contributed by atoms with Crippen LogP contribution in [0.3, 0.4) is 0 Å². The van der Waals surface area contributed by atoms with Gasteiger partial charge in [-0.3, -0.25) is 0 Å². The van der Waals surface area contributed by atoms with Crippen LogP contribution in [-0.2, 0) is 9.53 Å². The molecule has 0 saturated carbocycles. The largest absolute Gasteiger partial charge is 0.494 e. The van der Waals surface area contributed by atoms with Gasteiger partial charge in [0, 0.05) is 5.56 Å². The van der Waals surface area contributed by atoms with Gasteiger partial charge in [0.1, 0.15) is 5.75 Å². The van der Waals surface area contributed by atoms with Crippen LogP contribution in [0.4, 0.5) is 0 Å². The summed E-state index contributed by atoms with van der Waals surface area (Å²) < 4.78 is 11.0. The van der Waals surface area contributed by atoms with Gasteiger partial charge in [-0.25, -0.2) is 9.79 Å². The Kier molecular flexibility index (Phi) is 5.84. The zero-order valence-corrected chi connectivity index (χ0v) is 15.2. The van der Waals surface area contributed by atoms with Gasteiger partial charge in [0.25, 0.3) is 0 Å². The SMILES string of the molecule is CCCCCOc1ccc(/C=C2\N=C(c3cccc(C)c3)OC2=O)cc1.